The lowest BCUT2D eigenvalue weighted by Gasteiger charge is -2.41. The number of likely N-dealkylation sites (tertiary alicyclic amines) is 1. The van der Waals surface area contributed by atoms with Gasteiger partial charge in [-0.15, -0.1) is 0 Å². The molecule has 1 atom stereocenters. The molecule has 0 saturated carbocycles. The lowest BCUT2D eigenvalue weighted by Crippen LogP contribution is -2.56. The fourth-order valence-corrected chi connectivity index (χ4v) is 2.29. The lowest BCUT2D eigenvalue weighted by molar-refractivity contribution is -0.141. The normalized spacial score (nSPS) is 16.9. The van der Waals surface area contributed by atoms with Gasteiger partial charge < -0.3 is 19.9 Å². The van der Waals surface area contributed by atoms with E-state index in [1.165, 1.54) is 30.1 Å². The van der Waals surface area contributed by atoms with Crippen LogP contribution in [-0.4, -0.2) is 61.6 Å². The summed E-state index contributed by atoms with van der Waals surface area (Å²) in [4.78, 5) is 27.1. The van der Waals surface area contributed by atoms with E-state index in [0.29, 0.717) is 18.8 Å². The van der Waals surface area contributed by atoms with Crippen LogP contribution in [0.5, 0.6) is 0 Å². The van der Waals surface area contributed by atoms with Gasteiger partial charge in [-0.3, -0.25) is 4.79 Å². The number of carbonyl (C=O) groups excluding carboxylic acids is 2. The number of amides is 3. The number of likely N-dealkylation sites (N-methyl/N-ethyl adjacent to an activating group) is 1. The van der Waals surface area contributed by atoms with E-state index >= 15 is 0 Å². The molecule has 7 heteroatoms. The Morgan fingerprint density at radius 3 is 2.86 bits per heavy atom. The van der Waals surface area contributed by atoms with Gasteiger partial charge in [0.2, 0.25) is 5.91 Å². The molecule has 1 unspecified atom stereocenters. The van der Waals surface area contributed by atoms with E-state index < -0.39 is 11.8 Å². The van der Waals surface area contributed by atoms with Crippen molar-refractivity contribution in [1.82, 2.24) is 9.80 Å². The molecule has 1 aliphatic heterocycles. The summed E-state index contributed by atoms with van der Waals surface area (Å²) >= 11 is 0. The third kappa shape index (κ3) is 3.94. The maximum Gasteiger partial charge on any atom is 0.322 e. The SMILES string of the molecule is COCC1CCN1C(=O)CN(C)C(=O)Nc1cccc(F)c1. The van der Waals surface area contributed by atoms with Crippen molar-refractivity contribution in [3.8, 4) is 0 Å². The number of benzene rings is 1. The quantitative estimate of drug-likeness (QED) is 0.897. The second kappa shape index (κ2) is 7.22. The molecule has 1 aromatic carbocycles. The molecule has 120 valence electrons. The summed E-state index contributed by atoms with van der Waals surface area (Å²) < 4.78 is 18.1. The Kier molecular flexibility index (Phi) is 5.32. The third-order valence-corrected chi connectivity index (χ3v) is 3.62. The molecule has 2 rings (SSSR count). The Labute approximate surface area is 128 Å². The van der Waals surface area contributed by atoms with Crippen LogP contribution in [0, 0.1) is 5.82 Å². The van der Waals surface area contributed by atoms with Gasteiger partial charge in [0.05, 0.1) is 12.6 Å². The summed E-state index contributed by atoms with van der Waals surface area (Å²) in [5, 5.41) is 2.55. The van der Waals surface area contributed by atoms with E-state index in [9.17, 15) is 14.0 Å². The Morgan fingerprint density at radius 1 is 1.50 bits per heavy atom. The van der Waals surface area contributed by atoms with E-state index in [0.717, 1.165) is 6.42 Å². The molecule has 1 fully saturated rings. The van der Waals surface area contributed by atoms with Crippen LogP contribution < -0.4 is 5.32 Å². The summed E-state index contributed by atoms with van der Waals surface area (Å²) in [7, 11) is 3.12. The number of urea groups is 1. The number of anilines is 1. The standard InChI is InChI=1S/C15H20FN3O3/c1-18(9-14(20)19-7-6-13(19)10-22-2)15(21)17-12-5-3-4-11(16)8-12/h3-5,8,13H,6-7,9-10H2,1-2H3,(H,17,21). The van der Waals surface area contributed by atoms with Crippen LogP contribution in [0.4, 0.5) is 14.9 Å². The molecule has 1 aliphatic rings. The van der Waals surface area contributed by atoms with Crippen LogP contribution in [0.1, 0.15) is 6.42 Å². The maximum absolute atomic E-state index is 13.1. The van der Waals surface area contributed by atoms with Gasteiger partial charge in [-0.1, -0.05) is 6.07 Å². The summed E-state index contributed by atoms with van der Waals surface area (Å²) in [6.45, 7) is 1.17. The summed E-state index contributed by atoms with van der Waals surface area (Å²) in [5.74, 6) is -0.551. The molecule has 1 heterocycles. The van der Waals surface area contributed by atoms with Crippen LogP contribution in [0.25, 0.3) is 0 Å². The van der Waals surface area contributed by atoms with Gasteiger partial charge in [0.25, 0.3) is 0 Å². The van der Waals surface area contributed by atoms with E-state index in [1.807, 2.05) is 0 Å². The topological polar surface area (TPSA) is 61.9 Å². The minimum absolute atomic E-state index is 0.0264. The Balaban J connectivity index is 1.84. The first-order valence-corrected chi connectivity index (χ1v) is 7.07. The van der Waals surface area contributed by atoms with Gasteiger partial charge in [0.1, 0.15) is 12.4 Å². The van der Waals surface area contributed by atoms with E-state index in [4.69, 9.17) is 4.74 Å². The lowest BCUT2D eigenvalue weighted by atomic mass is 10.0. The maximum atomic E-state index is 13.1. The highest BCUT2D eigenvalue weighted by Gasteiger charge is 2.32. The van der Waals surface area contributed by atoms with Crippen molar-refractivity contribution in [2.75, 3.05) is 39.2 Å². The smallest absolute Gasteiger partial charge is 0.322 e. The average Bonchev–Trinajstić information content (AvgIpc) is 2.43. The highest BCUT2D eigenvalue weighted by molar-refractivity contribution is 5.92. The fraction of sp³-hybridized carbons (Fsp3) is 0.467. The van der Waals surface area contributed by atoms with Gasteiger partial charge >= 0.3 is 6.03 Å². The molecule has 6 nitrogen and oxygen atoms in total. The summed E-state index contributed by atoms with van der Waals surface area (Å²) in [6.07, 6.45) is 0.915. The fourth-order valence-electron chi connectivity index (χ4n) is 2.29. The molecule has 0 spiro atoms. The predicted octanol–water partition coefficient (Wildman–Crippen LogP) is 1.54. The van der Waals surface area contributed by atoms with Crippen molar-refractivity contribution in [2.24, 2.45) is 0 Å². The second-order valence-electron chi connectivity index (χ2n) is 5.28. The van der Waals surface area contributed by atoms with Crippen LogP contribution >= 0.6 is 0 Å². The number of methoxy groups -OCH3 is 1. The number of hydrogen-bond donors (Lipinski definition) is 1. The number of halogens is 1. The van der Waals surface area contributed by atoms with Crippen LogP contribution in [0.15, 0.2) is 24.3 Å². The van der Waals surface area contributed by atoms with Gasteiger partial charge in [-0.05, 0) is 24.6 Å². The largest absolute Gasteiger partial charge is 0.383 e. The highest BCUT2D eigenvalue weighted by Crippen LogP contribution is 2.18. The van der Waals surface area contributed by atoms with Gasteiger partial charge in [0, 0.05) is 26.4 Å². The van der Waals surface area contributed by atoms with E-state index in [-0.39, 0.29) is 18.5 Å². The number of rotatable bonds is 5. The van der Waals surface area contributed by atoms with Crippen molar-refractivity contribution >= 4 is 17.6 Å². The van der Waals surface area contributed by atoms with E-state index in [1.54, 1.807) is 18.1 Å². The first kappa shape index (κ1) is 16.2. The first-order chi connectivity index (χ1) is 10.5. The third-order valence-electron chi connectivity index (χ3n) is 3.62. The molecule has 0 radical (unpaired) electrons. The van der Waals surface area contributed by atoms with Crippen molar-refractivity contribution in [2.45, 2.75) is 12.5 Å². The Morgan fingerprint density at radius 2 is 2.27 bits per heavy atom. The van der Waals surface area contributed by atoms with Crippen molar-refractivity contribution in [1.29, 1.82) is 0 Å². The number of ether oxygens (including phenoxy) is 1. The molecular weight excluding hydrogens is 289 g/mol. The Hall–Kier alpha value is -2.15. The first-order valence-electron chi connectivity index (χ1n) is 7.07. The minimum atomic E-state index is -0.456. The zero-order valence-corrected chi connectivity index (χ0v) is 12.7. The number of carbonyl (C=O) groups is 2. The van der Waals surface area contributed by atoms with Crippen molar-refractivity contribution < 1.29 is 18.7 Å². The molecule has 1 aromatic rings. The molecule has 0 aromatic heterocycles. The monoisotopic (exact) mass is 309 g/mol. The van der Waals surface area contributed by atoms with Gasteiger partial charge in [-0.2, -0.15) is 0 Å². The molecule has 3 amide bonds. The highest BCUT2D eigenvalue weighted by atomic mass is 19.1. The van der Waals surface area contributed by atoms with Crippen molar-refractivity contribution in [3.05, 3.63) is 30.1 Å². The van der Waals surface area contributed by atoms with E-state index in [2.05, 4.69) is 5.32 Å². The second-order valence-corrected chi connectivity index (χ2v) is 5.28. The number of nitrogens with one attached hydrogen (secondary N) is 1. The molecule has 0 bridgehead atoms. The molecule has 1 N–H and O–H groups in total. The van der Waals surface area contributed by atoms with Gasteiger partial charge in [-0.25, -0.2) is 9.18 Å². The molecule has 1 saturated heterocycles. The summed E-state index contributed by atoms with van der Waals surface area (Å²) in [5.41, 5.74) is 0.352. The van der Waals surface area contributed by atoms with Crippen molar-refractivity contribution in [3.63, 3.8) is 0 Å². The van der Waals surface area contributed by atoms with Crippen LogP contribution in [0.2, 0.25) is 0 Å². The zero-order valence-electron chi connectivity index (χ0n) is 12.7. The van der Waals surface area contributed by atoms with Crippen LogP contribution in [-0.2, 0) is 9.53 Å². The number of hydrogen-bond acceptors (Lipinski definition) is 3. The molecular formula is C15H20FN3O3. The summed E-state index contributed by atoms with van der Waals surface area (Å²) in [6, 6.07) is 5.24. The Bertz CT molecular complexity index is 553. The predicted molar refractivity (Wildman–Crippen MR) is 80.0 cm³/mol. The van der Waals surface area contributed by atoms with Crippen LogP contribution in [0.3, 0.4) is 0 Å². The minimum Gasteiger partial charge on any atom is -0.383 e. The van der Waals surface area contributed by atoms with Gasteiger partial charge in [0.15, 0.2) is 0 Å². The number of nitrogens with zero attached hydrogens (tertiary/aromatic N) is 2. The molecule has 0 aliphatic carbocycles. The molecule has 22 heavy (non-hydrogen) atoms. The zero-order chi connectivity index (χ0) is 16.1. The average molecular weight is 309 g/mol.